The van der Waals surface area contributed by atoms with Crippen LogP contribution in [0.1, 0.15) is 36.0 Å². The third kappa shape index (κ3) is 3.58. The molecule has 1 aromatic carbocycles. The number of carbonyl (C=O) groups is 1. The molecule has 2 aliphatic rings. The van der Waals surface area contributed by atoms with Gasteiger partial charge in [0.25, 0.3) is 5.91 Å². The van der Waals surface area contributed by atoms with E-state index in [0.29, 0.717) is 5.56 Å². The van der Waals surface area contributed by atoms with Gasteiger partial charge in [-0.25, -0.2) is 4.79 Å². The Hall–Kier alpha value is -2.80. The van der Waals surface area contributed by atoms with Gasteiger partial charge < -0.3 is 19.2 Å². The number of aromatic amines is 1. The number of aromatic nitrogens is 2. The van der Waals surface area contributed by atoms with Gasteiger partial charge in [-0.2, -0.15) is 0 Å². The van der Waals surface area contributed by atoms with Crippen LogP contribution in [0.15, 0.2) is 52.1 Å². The summed E-state index contributed by atoms with van der Waals surface area (Å²) in [5.41, 5.74) is 2.68. The van der Waals surface area contributed by atoms with Crippen molar-refractivity contribution in [3.63, 3.8) is 0 Å². The van der Waals surface area contributed by atoms with Crippen LogP contribution in [0, 0.1) is 5.41 Å². The number of likely N-dealkylation sites (tertiary alicyclic amines) is 2. The molecule has 0 bridgehead atoms. The van der Waals surface area contributed by atoms with Crippen molar-refractivity contribution in [3.05, 3.63) is 58.9 Å². The van der Waals surface area contributed by atoms with E-state index in [0.717, 1.165) is 63.1 Å². The summed E-state index contributed by atoms with van der Waals surface area (Å²) in [6, 6.07) is 9.59. The maximum absolute atomic E-state index is 12.7. The van der Waals surface area contributed by atoms with Crippen LogP contribution < -0.4 is 5.69 Å². The Balaban J connectivity index is 1.19. The maximum Gasteiger partial charge on any atom is 0.326 e. The van der Waals surface area contributed by atoms with E-state index >= 15 is 0 Å². The molecule has 2 saturated heterocycles. The number of hydrogen-bond donors (Lipinski definition) is 1. The Morgan fingerprint density at radius 1 is 1.10 bits per heavy atom. The number of H-pyrrole nitrogens is 1. The summed E-state index contributed by atoms with van der Waals surface area (Å²) in [5.74, 6) is 0.0801. The lowest BCUT2D eigenvalue weighted by Crippen LogP contribution is -2.45. The number of amides is 1. The molecule has 2 aromatic heterocycles. The quantitative estimate of drug-likeness (QED) is 0.704. The van der Waals surface area contributed by atoms with Crippen molar-refractivity contribution in [3.8, 4) is 0 Å². The van der Waals surface area contributed by atoms with Crippen LogP contribution in [0.5, 0.6) is 0 Å². The van der Waals surface area contributed by atoms with E-state index < -0.39 is 0 Å². The molecule has 7 heteroatoms. The fraction of sp³-hybridized carbons (Fsp3) is 0.478. The molecular formula is C23H28N4O3. The Kier molecular flexibility index (Phi) is 4.98. The highest BCUT2D eigenvalue weighted by molar-refractivity contribution is 5.94. The van der Waals surface area contributed by atoms with Gasteiger partial charge in [-0.15, -0.1) is 0 Å². The molecule has 5 rings (SSSR count). The molecule has 4 heterocycles. The number of rotatable bonds is 5. The smallest absolute Gasteiger partial charge is 0.326 e. The SMILES string of the molecule is O=C(c1ccoc1)N1CCC2(CCCN(CCCn3c(=O)[nH]c4ccccc43)C2)C1. The van der Waals surface area contributed by atoms with Gasteiger partial charge in [0.1, 0.15) is 6.26 Å². The van der Waals surface area contributed by atoms with Crippen molar-refractivity contribution >= 4 is 16.9 Å². The molecule has 1 amide bonds. The third-order valence-electron chi connectivity index (χ3n) is 6.77. The molecule has 0 radical (unpaired) electrons. The van der Waals surface area contributed by atoms with Gasteiger partial charge >= 0.3 is 5.69 Å². The van der Waals surface area contributed by atoms with Gasteiger partial charge in [-0.05, 0) is 57.0 Å². The van der Waals surface area contributed by atoms with Gasteiger partial charge in [0.15, 0.2) is 0 Å². The number of imidazole rings is 1. The molecule has 2 aliphatic heterocycles. The Bertz CT molecular complexity index is 1080. The average Bonchev–Trinajstić information content (AvgIpc) is 3.48. The number of nitrogens with zero attached hydrogens (tertiary/aromatic N) is 3. The van der Waals surface area contributed by atoms with Crippen LogP contribution in [0.4, 0.5) is 0 Å². The van der Waals surface area contributed by atoms with Crippen molar-refractivity contribution in [2.24, 2.45) is 5.41 Å². The lowest BCUT2D eigenvalue weighted by Gasteiger charge is -2.40. The fourth-order valence-corrected chi connectivity index (χ4v) is 5.29. The topological polar surface area (TPSA) is 74.5 Å². The first-order valence-electron chi connectivity index (χ1n) is 10.9. The van der Waals surface area contributed by atoms with Gasteiger partial charge in [-0.3, -0.25) is 9.36 Å². The molecule has 1 atom stereocenters. The van der Waals surface area contributed by atoms with Crippen LogP contribution >= 0.6 is 0 Å². The zero-order chi connectivity index (χ0) is 20.6. The fourth-order valence-electron chi connectivity index (χ4n) is 5.29. The number of aryl methyl sites for hydroxylation is 1. The number of para-hydroxylation sites is 2. The Morgan fingerprint density at radius 2 is 2.00 bits per heavy atom. The first kappa shape index (κ1) is 19.2. The number of hydrogen-bond acceptors (Lipinski definition) is 4. The van der Waals surface area contributed by atoms with Gasteiger partial charge in [0.05, 0.1) is 22.9 Å². The van der Waals surface area contributed by atoms with E-state index in [1.807, 2.05) is 33.7 Å². The summed E-state index contributed by atoms with van der Waals surface area (Å²) in [5, 5.41) is 0. The molecule has 1 N–H and O–H groups in total. The largest absolute Gasteiger partial charge is 0.472 e. The molecule has 0 saturated carbocycles. The Labute approximate surface area is 175 Å². The van der Waals surface area contributed by atoms with Crippen LogP contribution in [-0.4, -0.2) is 58.0 Å². The molecule has 1 spiro atoms. The van der Waals surface area contributed by atoms with Crippen molar-refractivity contribution in [2.45, 2.75) is 32.2 Å². The summed E-state index contributed by atoms with van der Waals surface area (Å²) in [6.45, 7) is 5.48. The summed E-state index contributed by atoms with van der Waals surface area (Å²) in [6.07, 6.45) is 7.44. The lowest BCUT2D eigenvalue weighted by atomic mass is 9.79. The summed E-state index contributed by atoms with van der Waals surface area (Å²) in [4.78, 5) is 32.4. The van der Waals surface area contributed by atoms with Crippen LogP contribution in [-0.2, 0) is 6.54 Å². The molecule has 7 nitrogen and oxygen atoms in total. The number of carbonyl (C=O) groups excluding carboxylic acids is 1. The molecule has 1 unspecified atom stereocenters. The second-order valence-electron chi connectivity index (χ2n) is 8.82. The zero-order valence-corrected chi connectivity index (χ0v) is 17.2. The third-order valence-corrected chi connectivity index (χ3v) is 6.77. The van der Waals surface area contributed by atoms with Crippen molar-refractivity contribution < 1.29 is 9.21 Å². The standard InChI is InChI=1S/C23H28N4O3/c28-21(18-7-14-30-15-18)26-13-9-23(17-26)8-3-10-25(16-23)11-4-12-27-20-6-2-1-5-19(20)24-22(27)29/h1-2,5-7,14-15H,3-4,8-13,16-17H2,(H,24,29). The number of fused-ring (bicyclic) bond motifs is 1. The van der Waals surface area contributed by atoms with Gasteiger partial charge in [0, 0.05) is 31.6 Å². The van der Waals surface area contributed by atoms with Crippen molar-refractivity contribution in [1.29, 1.82) is 0 Å². The van der Waals surface area contributed by atoms with Crippen LogP contribution in [0.25, 0.3) is 11.0 Å². The Morgan fingerprint density at radius 3 is 2.87 bits per heavy atom. The lowest BCUT2D eigenvalue weighted by molar-refractivity contribution is 0.0685. The van der Waals surface area contributed by atoms with Gasteiger partial charge in [0.2, 0.25) is 0 Å². The highest BCUT2D eigenvalue weighted by Gasteiger charge is 2.42. The molecule has 2 fully saturated rings. The monoisotopic (exact) mass is 408 g/mol. The summed E-state index contributed by atoms with van der Waals surface area (Å²) >= 11 is 0. The predicted octanol–water partition coefficient (Wildman–Crippen LogP) is 2.94. The van der Waals surface area contributed by atoms with Crippen LogP contribution in [0.2, 0.25) is 0 Å². The molecule has 0 aliphatic carbocycles. The number of piperidine rings is 1. The summed E-state index contributed by atoms with van der Waals surface area (Å²) in [7, 11) is 0. The van der Waals surface area contributed by atoms with Crippen molar-refractivity contribution in [1.82, 2.24) is 19.4 Å². The van der Waals surface area contributed by atoms with E-state index in [1.165, 1.54) is 19.1 Å². The van der Waals surface area contributed by atoms with Crippen LogP contribution in [0.3, 0.4) is 0 Å². The minimum Gasteiger partial charge on any atom is -0.472 e. The van der Waals surface area contributed by atoms with E-state index in [1.54, 1.807) is 12.3 Å². The molecule has 3 aromatic rings. The minimum absolute atomic E-state index is 0.0319. The zero-order valence-electron chi connectivity index (χ0n) is 17.2. The minimum atomic E-state index is -0.0319. The first-order chi connectivity index (χ1) is 14.6. The average molecular weight is 409 g/mol. The second-order valence-corrected chi connectivity index (χ2v) is 8.82. The highest BCUT2D eigenvalue weighted by Crippen LogP contribution is 2.39. The second kappa shape index (κ2) is 7.80. The van der Waals surface area contributed by atoms with E-state index in [2.05, 4.69) is 9.88 Å². The van der Waals surface area contributed by atoms with E-state index in [-0.39, 0.29) is 17.0 Å². The number of furan rings is 1. The maximum atomic E-state index is 12.7. The number of benzene rings is 1. The van der Waals surface area contributed by atoms with Crippen molar-refractivity contribution in [2.75, 3.05) is 32.7 Å². The van der Waals surface area contributed by atoms with E-state index in [9.17, 15) is 9.59 Å². The van der Waals surface area contributed by atoms with Gasteiger partial charge in [-0.1, -0.05) is 12.1 Å². The normalized spacial score (nSPS) is 22.3. The summed E-state index contributed by atoms with van der Waals surface area (Å²) < 4.78 is 6.92. The molecule has 30 heavy (non-hydrogen) atoms. The molecule has 158 valence electrons. The highest BCUT2D eigenvalue weighted by atomic mass is 16.3. The number of nitrogens with one attached hydrogen (secondary N) is 1. The van der Waals surface area contributed by atoms with E-state index in [4.69, 9.17) is 4.42 Å². The first-order valence-corrected chi connectivity index (χ1v) is 10.9. The predicted molar refractivity (Wildman–Crippen MR) is 115 cm³/mol. The molecular weight excluding hydrogens is 380 g/mol.